The predicted molar refractivity (Wildman–Crippen MR) is 116 cm³/mol. The molecule has 3 aromatic rings. The maximum Gasteiger partial charge on any atom is 0.271 e. The number of nitrogens with zero attached hydrogens (tertiary/aromatic N) is 4. The highest BCUT2D eigenvalue weighted by atomic mass is 16.2. The van der Waals surface area contributed by atoms with Crippen LogP contribution in [0.25, 0.3) is 0 Å². The van der Waals surface area contributed by atoms with Gasteiger partial charge in [0.2, 0.25) is 0 Å². The summed E-state index contributed by atoms with van der Waals surface area (Å²) in [5, 5.41) is 11.4. The van der Waals surface area contributed by atoms with Gasteiger partial charge in [-0.25, -0.2) is 9.36 Å². The third-order valence-corrected chi connectivity index (χ3v) is 5.44. The van der Waals surface area contributed by atoms with Crippen molar-refractivity contribution in [2.75, 3.05) is 6.54 Å². The van der Waals surface area contributed by atoms with Gasteiger partial charge in [-0.3, -0.25) is 14.4 Å². The number of aromatic nitrogens is 4. The summed E-state index contributed by atoms with van der Waals surface area (Å²) in [5.74, 6) is -0.399. The van der Waals surface area contributed by atoms with E-state index < -0.39 is 5.91 Å². The highest BCUT2D eigenvalue weighted by molar-refractivity contribution is 5.91. The minimum atomic E-state index is -0.399. The standard InChI is InChI=1S/C23H25N5O3/c1-16-6-8-17(9-7-16)15-28-21(29)11-10-20(26-28)23(31)24-12-13-27-22(30)14-18-4-2-3-5-19(18)25-27/h6-11,14H,2-5,12-13,15H2,1H3,(H,24,31). The lowest BCUT2D eigenvalue weighted by Crippen LogP contribution is -2.34. The van der Waals surface area contributed by atoms with E-state index in [0.717, 1.165) is 48.1 Å². The van der Waals surface area contributed by atoms with Crippen LogP contribution in [0.4, 0.5) is 0 Å². The van der Waals surface area contributed by atoms with E-state index in [1.807, 2.05) is 31.2 Å². The molecule has 1 aliphatic carbocycles. The molecule has 0 fully saturated rings. The van der Waals surface area contributed by atoms with Gasteiger partial charge < -0.3 is 5.32 Å². The maximum atomic E-state index is 12.5. The number of benzene rings is 1. The van der Waals surface area contributed by atoms with Crippen LogP contribution in [-0.2, 0) is 25.9 Å². The van der Waals surface area contributed by atoms with E-state index in [9.17, 15) is 14.4 Å². The fourth-order valence-corrected chi connectivity index (χ4v) is 3.68. The molecule has 1 amide bonds. The van der Waals surface area contributed by atoms with Crippen LogP contribution in [-0.4, -0.2) is 32.0 Å². The van der Waals surface area contributed by atoms with Crippen molar-refractivity contribution in [3.8, 4) is 0 Å². The average Bonchev–Trinajstić information content (AvgIpc) is 2.77. The smallest absolute Gasteiger partial charge is 0.271 e. The zero-order valence-electron chi connectivity index (χ0n) is 17.5. The molecular weight excluding hydrogens is 394 g/mol. The summed E-state index contributed by atoms with van der Waals surface area (Å²) in [4.78, 5) is 36.9. The lowest BCUT2D eigenvalue weighted by Gasteiger charge is -2.16. The van der Waals surface area contributed by atoms with Gasteiger partial charge in [-0.05, 0) is 49.8 Å². The molecule has 0 unspecified atom stereocenters. The Bertz CT molecular complexity index is 1210. The number of hydrogen-bond donors (Lipinski definition) is 1. The van der Waals surface area contributed by atoms with Crippen molar-refractivity contribution < 1.29 is 4.79 Å². The van der Waals surface area contributed by atoms with Gasteiger partial charge in [-0.2, -0.15) is 10.2 Å². The van der Waals surface area contributed by atoms with E-state index >= 15 is 0 Å². The first-order valence-electron chi connectivity index (χ1n) is 10.5. The van der Waals surface area contributed by atoms with Crippen LogP contribution >= 0.6 is 0 Å². The first-order chi connectivity index (χ1) is 15.0. The molecule has 8 nitrogen and oxygen atoms in total. The number of aryl methyl sites for hydroxylation is 3. The number of hydrogen-bond acceptors (Lipinski definition) is 5. The minimum Gasteiger partial charge on any atom is -0.349 e. The summed E-state index contributed by atoms with van der Waals surface area (Å²) in [6.07, 6.45) is 3.96. The Balaban J connectivity index is 1.40. The largest absolute Gasteiger partial charge is 0.349 e. The van der Waals surface area contributed by atoms with Gasteiger partial charge in [0, 0.05) is 18.7 Å². The second-order valence-corrected chi connectivity index (χ2v) is 7.84. The molecule has 0 bridgehead atoms. The molecule has 2 heterocycles. The Kier molecular flexibility index (Phi) is 6.06. The third-order valence-electron chi connectivity index (χ3n) is 5.44. The summed E-state index contributed by atoms with van der Waals surface area (Å²) < 4.78 is 2.67. The van der Waals surface area contributed by atoms with Crippen LogP contribution in [0.1, 0.15) is 45.7 Å². The fraction of sp³-hybridized carbons (Fsp3) is 0.348. The molecule has 160 valence electrons. The van der Waals surface area contributed by atoms with E-state index in [2.05, 4.69) is 15.5 Å². The SMILES string of the molecule is Cc1ccc(Cn2nc(C(=O)NCCn3nc4c(cc3=O)CCCC4)ccc2=O)cc1. The van der Waals surface area contributed by atoms with Crippen molar-refractivity contribution in [2.24, 2.45) is 0 Å². The van der Waals surface area contributed by atoms with Crippen molar-refractivity contribution in [3.05, 3.63) is 91.3 Å². The van der Waals surface area contributed by atoms with Crippen LogP contribution in [0.5, 0.6) is 0 Å². The van der Waals surface area contributed by atoms with Crippen molar-refractivity contribution in [1.29, 1.82) is 0 Å². The van der Waals surface area contributed by atoms with E-state index in [4.69, 9.17) is 0 Å². The molecule has 8 heteroatoms. The van der Waals surface area contributed by atoms with Crippen LogP contribution in [0, 0.1) is 6.92 Å². The summed E-state index contributed by atoms with van der Waals surface area (Å²) in [6.45, 7) is 2.80. The van der Waals surface area contributed by atoms with Crippen molar-refractivity contribution >= 4 is 5.91 Å². The van der Waals surface area contributed by atoms with Gasteiger partial charge in [0.05, 0.1) is 18.8 Å². The van der Waals surface area contributed by atoms with Gasteiger partial charge in [0.25, 0.3) is 17.0 Å². The molecule has 31 heavy (non-hydrogen) atoms. The number of carbonyl (C=O) groups excluding carboxylic acids is 1. The Hall–Kier alpha value is -3.55. The van der Waals surface area contributed by atoms with Crippen LogP contribution in [0.15, 0.2) is 52.1 Å². The van der Waals surface area contributed by atoms with Gasteiger partial charge in [-0.1, -0.05) is 29.8 Å². The molecule has 0 spiro atoms. The highest BCUT2D eigenvalue weighted by Gasteiger charge is 2.14. The third kappa shape index (κ3) is 4.96. The summed E-state index contributed by atoms with van der Waals surface area (Å²) >= 11 is 0. The Morgan fingerprint density at radius 2 is 1.74 bits per heavy atom. The van der Waals surface area contributed by atoms with Crippen LogP contribution < -0.4 is 16.4 Å². The van der Waals surface area contributed by atoms with Crippen LogP contribution in [0.3, 0.4) is 0 Å². The molecule has 0 radical (unpaired) electrons. The molecule has 1 N–H and O–H groups in total. The average molecular weight is 419 g/mol. The minimum absolute atomic E-state index is 0.150. The number of fused-ring (bicyclic) bond motifs is 1. The van der Waals surface area contributed by atoms with Gasteiger partial charge in [0.15, 0.2) is 0 Å². The van der Waals surface area contributed by atoms with Crippen molar-refractivity contribution in [3.63, 3.8) is 0 Å². The highest BCUT2D eigenvalue weighted by Crippen LogP contribution is 2.16. The van der Waals surface area contributed by atoms with E-state index in [1.54, 1.807) is 6.07 Å². The number of nitrogens with one attached hydrogen (secondary N) is 1. The summed E-state index contributed by atoms with van der Waals surface area (Å²) in [6, 6.07) is 12.2. The molecule has 1 aromatic carbocycles. The molecule has 2 aromatic heterocycles. The van der Waals surface area contributed by atoms with Gasteiger partial charge >= 0.3 is 0 Å². The molecule has 0 saturated carbocycles. The van der Waals surface area contributed by atoms with Gasteiger partial charge in [0.1, 0.15) is 5.69 Å². The normalized spacial score (nSPS) is 12.9. The second-order valence-electron chi connectivity index (χ2n) is 7.84. The van der Waals surface area contributed by atoms with E-state index in [0.29, 0.717) is 0 Å². The molecule has 4 rings (SSSR count). The molecule has 1 aliphatic rings. The second kappa shape index (κ2) is 9.07. The zero-order chi connectivity index (χ0) is 21.8. The first-order valence-corrected chi connectivity index (χ1v) is 10.5. The van der Waals surface area contributed by atoms with Crippen molar-refractivity contribution in [2.45, 2.75) is 45.7 Å². The zero-order valence-corrected chi connectivity index (χ0v) is 17.5. The van der Waals surface area contributed by atoms with Gasteiger partial charge in [-0.15, -0.1) is 0 Å². The molecule has 0 aliphatic heterocycles. The summed E-state index contributed by atoms with van der Waals surface area (Å²) in [7, 11) is 0. The fourth-order valence-electron chi connectivity index (χ4n) is 3.68. The number of rotatable bonds is 6. The monoisotopic (exact) mass is 419 g/mol. The lowest BCUT2D eigenvalue weighted by atomic mass is 9.97. The van der Waals surface area contributed by atoms with E-state index in [-0.39, 0.29) is 36.4 Å². The molecule has 0 atom stereocenters. The lowest BCUT2D eigenvalue weighted by molar-refractivity contribution is 0.0944. The van der Waals surface area contributed by atoms with Crippen LogP contribution in [0.2, 0.25) is 0 Å². The molecular formula is C23H25N5O3. The maximum absolute atomic E-state index is 12.5. The quantitative estimate of drug-likeness (QED) is 0.652. The predicted octanol–water partition coefficient (Wildman–Crippen LogP) is 1.47. The Labute approximate surface area is 179 Å². The van der Waals surface area contributed by atoms with Crippen molar-refractivity contribution in [1.82, 2.24) is 24.9 Å². The van der Waals surface area contributed by atoms with E-state index in [1.165, 1.54) is 21.5 Å². The Morgan fingerprint density at radius 3 is 2.55 bits per heavy atom. The number of carbonyl (C=O) groups is 1. The summed E-state index contributed by atoms with van der Waals surface area (Å²) in [5.41, 5.74) is 3.79. The number of amides is 1. The first kappa shape index (κ1) is 20.7. The molecule has 0 saturated heterocycles. The topological polar surface area (TPSA) is 98.9 Å². The Morgan fingerprint density at radius 1 is 0.968 bits per heavy atom.